The fraction of sp³-hybridized carbons (Fsp3) is 0.353. The van der Waals surface area contributed by atoms with Gasteiger partial charge in [-0.2, -0.15) is 0 Å². The fourth-order valence-corrected chi connectivity index (χ4v) is 3.70. The van der Waals surface area contributed by atoms with Crippen molar-refractivity contribution in [2.45, 2.75) is 32.0 Å². The number of rotatable bonds is 1. The van der Waals surface area contributed by atoms with E-state index in [0.29, 0.717) is 6.54 Å². The molecule has 2 aliphatic rings. The van der Waals surface area contributed by atoms with Gasteiger partial charge in [0.25, 0.3) is 0 Å². The van der Waals surface area contributed by atoms with Crippen LogP contribution in [-0.4, -0.2) is 21.1 Å². The van der Waals surface area contributed by atoms with Crippen LogP contribution in [0.5, 0.6) is 5.75 Å². The number of benzene rings is 1. The molecule has 0 radical (unpaired) electrons. The van der Waals surface area contributed by atoms with Crippen LogP contribution in [0, 0.1) is 5.82 Å². The summed E-state index contributed by atoms with van der Waals surface area (Å²) in [6.07, 6.45) is 3.20. The Balaban J connectivity index is 1.66. The highest BCUT2D eigenvalue weighted by atomic mass is 19.1. The lowest BCUT2D eigenvalue weighted by molar-refractivity contribution is 0.153. The maximum absolute atomic E-state index is 13.9. The summed E-state index contributed by atoms with van der Waals surface area (Å²) in [7, 11) is 0. The van der Waals surface area contributed by atoms with E-state index in [-0.39, 0.29) is 23.0 Å². The van der Waals surface area contributed by atoms with Crippen molar-refractivity contribution in [3.8, 4) is 5.75 Å². The molecule has 2 heterocycles. The molecule has 1 aromatic carbocycles. The maximum Gasteiger partial charge on any atom is 0.223 e. The average molecular weight is 300 g/mol. The van der Waals surface area contributed by atoms with E-state index in [2.05, 4.69) is 4.90 Å². The molecule has 5 heteroatoms. The predicted octanol–water partition coefficient (Wildman–Crippen LogP) is 2.20. The molecule has 114 valence electrons. The van der Waals surface area contributed by atoms with Crippen LogP contribution in [-0.2, 0) is 19.5 Å². The first kappa shape index (κ1) is 13.5. The van der Waals surface area contributed by atoms with E-state index in [0.717, 1.165) is 42.8 Å². The van der Waals surface area contributed by atoms with Gasteiger partial charge in [0.1, 0.15) is 5.82 Å². The summed E-state index contributed by atoms with van der Waals surface area (Å²) >= 11 is 0. The summed E-state index contributed by atoms with van der Waals surface area (Å²) in [6.45, 7) is 2.20. The number of pyridine rings is 1. The third-order valence-electron chi connectivity index (χ3n) is 4.81. The van der Waals surface area contributed by atoms with E-state index in [4.69, 9.17) is 0 Å². The van der Waals surface area contributed by atoms with Gasteiger partial charge in [-0.15, -0.1) is 0 Å². The van der Waals surface area contributed by atoms with Crippen LogP contribution in [0.3, 0.4) is 0 Å². The normalized spacial score (nSPS) is 20.7. The van der Waals surface area contributed by atoms with Crippen LogP contribution in [0.25, 0.3) is 0 Å². The highest BCUT2D eigenvalue weighted by Crippen LogP contribution is 2.38. The smallest absolute Gasteiger partial charge is 0.223 e. The van der Waals surface area contributed by atoms with E-state index in [9.17, 15) is 14.3 Å². The minimum atomic E-state index is -0.342. The Kier molecular flexibility index (Phi) is 3.04. The third-order valence-corrected chi connectivity index (χ3v) is 4.81. The van der Waals surface area contributed by atoms with Gasteiger partial charge in [0.15, 0.2) is 5.75 Å². The first-order chi connectivity index (χ1) is 10.6. The SMILES string of the molecule is O=c1cc2n(cc1O)CCN(C1CCc3c(F)cccc31)C2. The highest BCUT2D eigenvalue weighted by Gasteiger charge is 2.31. The highest BCUT2D eigenvalue weighted by molar-refractivity contribution is 5.36. The molecule has 0 bridgehead atoms. The summed E-state index contributed by atoms with van der Waals surface area (Å²) in [4.78, 5) is 13.9. The van der Waals surface area contributed by atoms with Gasteiger partial charge in [-0.3, -0.25) is 9.69 Å². The van der Waals surface area contributed by atoms with Gasteiger partial charge in [-0.05, 0) is 30.0 Å². The number of fused-ring (bicyclic) bond motifs is 2. The van der Waals surface area contributed by atoms with Crippen molar-refractivity contribution in [1.29, 1.82) is 0 Å². The molecule has 4 rings (SSSR count). The number of aromatic hydroxyl groups is 1. The molecule has 1 aliphatic carbocycles. The Morgan fingerprint density at radius 1 is 1.27 bits per heavy atom. The summed E-state index contributed by atoms with van der Waals surface area (Å²) in [5.74, 6) is -0.316. The van der Waals surface area contributed by atoms with Crippen LogP contribution in [0.1, 0.15) is 29.3 Å². The second-order valence-corrected chi connectivity index (χ2v) is 6.04. The van der Waals surface area contributed by atoms with Crippen molar-refractivity contribution in [1.82, 2.24) is 9.47 Å². The van der Waals surface area contributed by atoms with Crippen molar-refractivity contribution in [2.24, 2.45) is 0 Å². The van der Waals surface area contributed by atoms with Gasteiger partial charge in [-0.1, -0.05) is 12.1 Å². The van der Waals surface area contributed by atoms with E-state index in [1.54, 1.807) is 6.07 Å². The minimum Gasteiger partial charge on any atom is -0.503 e. The molecule has 0 saturated heterocycles. The molecule has 1 aliphatic heterocycles. The van der Waals surface area contributed by atoms with Crippen molar-refractivity contribution < 1.29 is 9.50 Å². The van der Waals surface area contributed by atoms with Gasteiger partial charge in [0, 0.05) is 37.4 Å². The van der Waals surface area contributed by atoms with E-state index < -0.39 is 0 Å². The molecule has 1 atom stereocenters. The topological polar surface area (TPSA) is 45.5 Å². The molecule has 1 unspecified atom stereocenters. The lowest BCUT2D eigenvalue weighted by Crippen LogP contribution is -2.37. The molecule has 0 fully saturated rings. The van der Waals surface area contributed by atoms with Crippen molar-refractivity contribution in [3.63, 3.8) is 0 Å². The molecule has 2 aromatic rings. The monoisotopic (exact) mass is 300 g/mol. The van der Waals surface area contributed by atoms with Crippen LogP contribution in [0.2, 0.25) is 0 Å². The van der Waals surface area contributed by atoms with E-state index >= 15 is 0 Å². The Morgan fingerprint density at radius 2 is 2.14 bits per heavy atom. The average Bonchev–Trinajstić information content (AvgIpc) is 2.93. The van der Waals surface area contributed by atoms with Crippen LogP contribution in [0.15, 0.2) is 35.3 Å². The number of hydrogen-bond donors (Lipinski definition) is 1. The van der Waals surface area contributed by atoms with Crippen LogP contribution >= 0.6 is 0 Å². The molecular formula is C17H17FN2O2. The lowest BCUT2D eigenvalue weighted by Gasteiger charge is -2.35. The quantitative estimate of drug-likeness (QED) is 0.878. The van der Waals surface area contributed by atoms with Crippen LogP contribution < -0.4 is 5.43 Å². The molecule has 0 saturated carbocycles. The Bertz CT molecular complexity index is 800. The zero-order valence-corrected chi connectivity index (χ0v) is 12.1. The number of nitrogens with zero attached hydrogens (tertiary/aromatic N) is 2. The summed E-state index contributed by atoms with van der Waals surface area (Å²) < 4.78 is 15.8. The van der Waals surface area contributed by atoms with Gasteiger partial charge in [-0.25, -0.2) is 4.39 Å². The molecule has 0 spiro atoms. The van der Waals surface area contributed by atoms with Crippen molar-refractivity contribution >= 4 is 0 Å². The Morgan fingerprint density at radius 3 is 3.00 bits per heavy atom. The molecular weight excluding hydrogens is 283 g/mol. The number of aromatic nitrogens is 1. The zero-order valence-electron chi connectivity index (χ0n) is 12.1. The maximum atomic E-state index is 13.9. The van der Waals surface area contributed by atoms with Gasteiger partial charge >= 0.3 is 0 Å². The number of hydrogen-bond acceptors (Lipinski definition) is 3. The fourth-order valence-electron chi connectivity index (χ4n) is 3.70. The standard InChI is InChI=1S/C17H17FN2O2/c18-14-3-1-2-13-12(14)4-5-15(13)20-7-6-19-10-17(22)16(21)8-11(19)9-20/h1-3,8,10,15,22H,4-7,9H2. The van der Waals surface area contributed by atoms with Gasteiger partial charge in [0.2, 0.25) is 5.43 Å². The van der Waals surface area contributed by atoms with Crippen LogP contribution in [0.4, 0.5) is 4.39 Å². The molecule has 1 aromatic heterocycles. The van der Waals surface area contributed by atoms with E-state index in [1.807, 2.05) is 10.6 Å². The first-order valence-corrected chi connectivity index (χ1v) is 7.57. The molecule has 0 amide bonds. The second kappa shape index (κ2) is 4.95. The molecule has 22 heavy (non-hydrogen) atoms. The van der Waals surface area contributed by atoms with Gasteiger partial charge in [0.05, 0.1) is 6.20 Å². The van der Waals surface area contributed by atoms with Gasteiger partial charge < -0.3 is 9.67 Å². The lowest BCUT2D eigenvalue weighted by atomic mass is 10.1. The molecule has 4 nitrogen and oxygen atoms in total. The summed E-state index contributed by atoms with van der Waals surface area (Å²) in [5, 5.41) is 9.52. The van der Waals surface area contributed by atoms with Crippen molar-refractivity contribution in [3.05, 3.63) is 63.3 Å². The zero-order chi connectivity index (χ0) is 15.3. The summed E-state index contributed by atoms with van der Waals surface area (Å²) in [6, 6.07) is 7.02. The van der Waals surface area contributed by atoms with Crippen molar-refractivity contribution in [2.75, 3.05) is 6.54 Å². The Labute approximate surface area is 127 Å². The number of halogens is 1. The predicted molar refractivity (Wildman–Crippen MR) is 80.2 cm³/mol. The summed E-state index contributed by atoms with van der Waals surface area (Å²) in [5.41, 5.74) is 2.47. The first-order valence-electron chi connectivity index (χ1n) is 7.57. The second-order valence-electron chi connectivity index (χ2n) is 6.04. The molecule has 1 N–H and O–H groups in total. The van der Waals surface area contributed by atoms with E-state index in [1.165, 1.54) is 18.3 Å². The Hall–Kier alpha value is -2.14. The minimum absolute atomic E-state index is 0.112. The third kappa shape index (κ3) is 2.04. The largest absolute Gasteiger partial charge is 0.503 e.